The lowest BCUT2D eigenvalue weighted by Gasteiger charge is -2.09. The van der Waals surface area contributed by atoms with Crippen molar-refractivity contribution in [2.75, 3.05) is 6.54 Å². The Morgan fingerprint density at radius 3 is 2.82 bits per heavy atom. The molecule has 0 aliphatic rings. The van der Waals surface area contributed by atoms with Gasteiger partial charge in [0.05, 0.1) is 5.69 Å². The van der Waals surface area contributed by atoms with Gasteiger partial charge in [0.25, 0.3) is 0 Å². The SMILES string of the molecule is Cc1nccn1-c1ccc(CCCN)cc1Br. The van der Waals surface area contributed by atoms with Gasteiger partial charge in [0.2, 0.25) is 0 Å². The summed E-state index contributed by atoms with van der Waals surface area (Å²) in [6.45, 7) is 2.73. The predicted octanol–water partition coefficient (Wildman–Crippen LogP) is 2.83. The molecule has 0 saturated heterocycles. The van der Waals surface area contributed by atoms with Gasteiger partial charge >= 0.3 is 0 Å². The summed E-state index contributed by atoms with van der Waals surface area (Å²) in [6.07, 6.45) is 5.83. The van der Waals surface area contributed by atoms with E-state index in [0.717, 1.165) is 35.4 Å². The molecule has 0 bridgehead atoms. The standard InChI is InChI=1S/C13H16BrN3/c1-10-16-7-8-17(10)13-5-4-11(3-2-6-15)9-12(13)14/h4-5,7-9H,2-3,6,15H2,1H3. The lowest BCUT2D eigenvalue weighted by Crippen LogP contribution is -2.01. The Morgan fingerprint density at radius 1 is 1.41 bits per heavy atom. The van der Waals surface area contributed by atoms with E-state index in [1.807, 2.05) is 19.3 Å². The molecule has 0 spiro atoms. The van der Waals surface area contributed by atoms with Crippen LogP contribution in [0.5, 0.6) is 0 Å². The van der Waals surface area contributed by atoms with Crippen LogP contribution in [0.4, 0.5) is 0 Å². The number of nitrogens with two attached hydrogens (primary N) is 1. The highest BCUT2D eigenvalue weighted by Gasteiger charge is 2.05. The number of hydrogen-bond donors (Lipinski definition) is 1. The molecule has 0 unspecified atom stereocenters. The van der Waals surface area contributed by atoms with Gasteiger partial charge in [-0.3, -0.25) is 0 Å². The van der Waals surface area contributed by atoms with Gasteiger partial charge < -0.3 is 10.3 Å². The molecule has 1 aromatic carbocycles. The van der Waals surface area contributed by atoms with E-state index < -0.39 is 0 Å². The topological polar surface area (TPSA) is 43.8 Å². The number of halogens is 1. The Balaban J connectivity index is 2.29. The summed E-state index contributed by atoms with van der Waals surface area (Å²) in [5, 5.41) is 0. The number of rotatable bonds is 4. The molecule has 90 valence electrons. The highest BCUT2D eigenvalue weighted by molar-refractivity contribution is 9.10. The smallest absolute Gasteiger partial charge is 0.110 e. The lowest BCUT2D eigenvalue weighted by molar-refractivity contribution is 0.831. The fourth-order valence-corrected chi connectivity index (χ4v) is 2.46. The van der Waals surface area contributed by atoms with Gasteiger partial charge in [-0.2, -0.15) is 0 Å². The summed E-state index contributed by atoms with van der Waals surface area (Å²) < 4.78 is 3.16. The zero-order chi connectivity index (χ0) is 12.3. The molecule has 17 heavy (non-hydrogen) atoms. The number of nitrogens with zero attached hydrogens (tertiary/aromatic N) is 2. The fourth-order valence-electron chi connectivity index (χ4n) is 1.84. The van der Waals surface area contributed by atoms with Crippen molar-refractivity contribution >= 4 is 15.9 Å². The third-order valence-corrected chi connectivity index (χ3v) is 3.40. The molecule has 2 rings (SSSR count). The minimum absolute atomic E-state index is 0.736. The van der Waals surface area contributed by atoms with Crippen molar-refractivity contribution in [2.45, 2.75) is 19.8 Å². The monoisotopic (exact) mass is 293 g/mol. The summed E-state index contributed by atoms with van der Waals surface area (Å²) in [4.78, 5) is 4.23. The summed E-state index contributed by atoms with van der Waals surface area (Å²) in [5.74, 6) is 0.986. The average molecular weight is 294 g/mol. The second-order valence-corrected chi connectivity index (χ2v) is 4.88. The van der Waals surface area contributed by atoms with Crippen molar-refractivity contribution < 1.29 is 0 Å². The number of aryl methyl sites for hydroxylation is 2. The molecule has 1 aromatic heterocycles. The molecule has 0 fully saturated rings. The summed E-state index contributed by atoms with van der Waals surface area (Å²) in [5.41, 5.74) is 7.95. The van der Waals surface area contributed by atoms with Crippen LogP contribution in [-0.2, 0) is 6.42 Å². The molecule has 0 aliphatic heterocycles. The molecule has 0 radical (unpaired) electrons. The van der Waals surface area contributed by atoms with E-state index in [1.54, 1.807) is 0 Å². The number of benzene rings is 1. The van der Waals surface area contributed by atoms with Gasteiger partial charge in [-0.15, -0.1) is 0 Å². The number of imidazole rings is 1. The van der Waals surface area contributed by atoms with E-state index in [1.165, 1.54) is 5.56 Å². The number of aromatic nitrogens is 2. The van der Waals surface area contributed by atoms with E-state index in [4.69, 9.17) is 5.73 Å². The van der Waals surface area contributed by atoms with E-state index >= 15 is 0 Å². The van der Waals surface area contributed by atoms with Crippen LogP contribution in [-0.4, -0.2) is 16.1 Å². The van der Waals surface area contributed by atoms with Gasteiger partial charge in [0.15, 0.2) is 0 Å². The normalized spacial score (nSPS) is 10.8. The van der Waals surface area contributed by atoms with E-state index in [9.17, 15) is 0 Å². The maximum atomic E-state index is 5.52. The third kappa shape index (κ3) is 2.76. The van der Waals surface area contributed by atoms with Crippen LogP contribution < -0.4 is 5.73 Å². The van der Waals surface area contributed by atoms with Crippen molar-refractivity contribution in [1.29, 1.82) is 0 Å². The van der Waals surface area contributed by atoms with Crippen LogP contribution in [0.15, 0.2) is 35.1 Å². The van der Waals surface area contributed by atoms with E-state index in [-0.39, 0.29) is 0 Å². The maximum absolute atomic E-state index is 5.52. The van der Waals surface area contributed by atoms with Crippen LogP contribution in [0.1, 0.15) is 17.8 Å². The lowest BCUT2D eigenvalue weighted by atomic mass is 10.1. The zero-order valence-corrected chi connectivity index (χ0v) is 11.4. The third-order valence-electron chi connectivity index (χ3n) is 2.77. The van der Waals surface area contributed by atoms with Crippen molar-refractivity contribution in [2.24, 2.45) is 5.73 Å². The first-order valence-electron chi connectivity index (χ1n) is 5.71. The Bertz CT molecular complexity index is 505. The molecule has 0 amide bonds. The quantitative estimate of drug-likeness (QED) is 0.942. The van der Waals surface area contributed by atoms with Crippen molar-refractivity contribution in [3.63, 3.8) is 0 Å². The molecular formula is C13H16BrN3. The first-order valence-corrected chi connectivity index (χ1v) is 6.50. The second kappa shape index (κ2) is 5.47. The molecule has 2 aromatic rings. The van der Waals surface area contributed by atoms with Crippen molar-refractivity contribution in [3.05, 3.63) is 46.5 Å². The van der Waals surface area contributed by atoms with Gasteiger partial charge in [0, 0.05) is 16.9 Å². The molecule has 0 atom stereocenters. The zero-order valence-electron chi connectivity index (χ0n) is 9.86. The van der Waals surface area contributed by atoms with E-state index in [2.05, 4.69) is 43.7 Å². The summed E-state index contributed by atoms with van der Waals surface area (Å²) in [7, 11) is 0. The fraction of sp³-hybridized carbons (Fsp3) is 0.308. The van der Waals surface area contributed by atoms with Gasteiger partial charge in [0.1, 0.15) is 5.82 Å². The molecule has 2 N–H and O–H groups in total. The molecule has 1 heterocycles. The second-order valence-electron chi connectivity index (χ2n) is 4.02. The predicted molar refractivity (Wildman–Crippen MR) is 73.4 cm³/mol. The van der Waals surface area contributed by atoms with Crippen LogP contribution in [0.2, 0.25) is 0 Å². The molecular weight excluding hydrogens is 278 g/mol. The molecule has 4 heteroatoms. The van der Waals surface area contributed by atoms with Crippen molar-refractivity contribution in [3.8, 4) is 5.69 Å². The Morgan fingerprint density at radius 2 is 2.24 bits per heavy atom. The van der Waals surface area contributed by atoms with Crippen molar-refractivity contribution in [1.82, 2.24) is 9.55 Å². The Hall–Kier alpha value is -1.13. The summed E-state index contributed by atoms with van der Waals surface area (Å²) in [6, 6.07) is 6.42. The highest BCUT2D eigenvalue weighted by atomic mass is 79.9. The Kier molecular flexibility index (Phi) is 3.97. The largest absolute Gasteiger partial charge is 0.330 e. The number of hydrogen-bond acceptors (Lipinski definition) is 2. The molecule has 0 aliphatic carbocycles. The highest BCUT2D eigenvalue weighted by Crippen LogP contribution is 2.24. The molecule has 0 saturated carbocycles. The molecule has 3 nitrogen and oxygen atoms in total. The van der Waals surface area contributed by atoms with Gasteiger partial charge in [-0.25, -0.2) is 4.98 Å². The van der Waals surface area contributed by atoms with Crippen LogP contribution in [0.3, 0.4) is 0 Å². The average Bonchev–Trinajstić information content (AvgIpc) is 2.73. The van der Waals surface area contributed by atoms with Crippen LogP contribution in [0.25, 0.3) is 5.69 Å². The summed E-state index contributed by atoms with van der Waals surface area (Å²) >= 11 is 3.61. The first kappa shape index (κ1) is 12.3. The first-order chi connectivity index (χ1) is 8.22. The Labute approximate surface area is 110 Å². The van der Waals surface area contributed by atoms with Gasteiger partial charge in [-0.05, 0) is 59.9 Å². The van der Waals surface area contributed by atoms with E-state index in [0.29, 0.717) is 0 Å². The minimum Gasteiger partial charge on any atom is -0.330 e. The minimum atomic E-state index is 0.736. The van der Waals surface area contributed by atoms with Crippen LogP contribution in [0, 0.1) is 6.92 Å². The van der Waals surface area contributed by atoms with Gasteiger partial charge in [-0.1, -0.05) is 6.07 Å². The van der Waals surface area contributed by atoms with Crippen LogP contribution >= 0.6 is 15.9 Å². The maximum Gasteiger partial charge on any atom is 0.110 e.